The zero-order valence-corrected chi connectivity index (χ0v) is 26.7. The summed E-state index contributed by atoms with van der Waals surface area (Å²) in [5.74, 6) is 0.188. The predicted molar refractivity (Wildman–Crippen MR) is 173 cm³/mol. The fourth-order valence-corrected chi connectivity index (χ4v) is 6.07. The van der Waals surface area contributed by atoms with Gasteiger partial charge in [0, 0.05) is 44.4 Å². The summed E-state index contributed by atoms with van der Waals surface area (Å²) >= 11 is 0. The van der Waals surface area contributed by atoms with Crippen LogP contribution in [0.1, 0.15) is 77.5 Å². The molecule has 1 atom stereocenters. The highest BCUT2D eigenvalue weighted by Crippen LogP contribution is 2.46. The number of carboxylic acids is 1. The van der Waals surface area contributed by atoms with E-state index in [9.17, 15) is 14.3 Å². The molecule has 2 aliphatic rings. The molecule has 3 heterocycles. The van der Waals surface area contributed by atoms with Gasteiger partial charge in [0.15, 0.2) is 6.10 Å². The molecular weight excluding hydrogens is 557 g/mol. The molecule has 1 unspecified atom stereocenters. The lowest BCUT2D eigenvalue weighted by Gasteiger charge is -2.41. The first-order valence-electron chi connectivity index (χ1n) is 15.8. The number of hydrogen-bond donors (Lipinski definition) is 1. The molecule has 0 aliphatic carbocycles. The molecule has 8 heteroatoms. The number of ether oxygens (including phenoxy) is 2. The Labute approximate surface area is 261 Å². The van der Waals surface area contributed by atoms with E-state index in [4.69, 9.17) is 14.5 Å². The number of pyridine rings is 1. The van der Waals surface area contributed by atoms with Crippen molar-refractivity contribution in [3.63, 3.8) is 0 Å². The maximum absolute atomic E-state index is 13.2. The van der Waals surface area contributed by atoms with Crippen molar-refractivity contribution in [3.05, 3.63) is 71.7 Å². The Balaban J connectivity index is 1.54. The summed E-state index contributed by atoms with van der Waals surface area (Å²) in [4.78, 5) is 22.5. The summed E-state index contributed by atoms with van der Waals surface area (Å²) in [5, 5.41) is 10.6. The van der Waals surface area contributed by atoms with Gasteiger partial charge in [-0.25, -0.2) is 14.2 Å². The molecule has 0 amide bonds. The van der Waals surface area contributed by atoms with Gasteiger partial charge in [-0.15, -0.1) is 0 Å². The van der Waals surface area contributed by atoms with Gasteiger partial charge in [-0.05, 0) is 87.3 Å². The second kappa shape index (κ2) is 13.1. The van der Waals surface area contributed by atoms with Crippen molar-refractivity contribution in [1.29, 1.82) is 0 Å². The third kappa shape index (κ3) is 7.70. The number of halogens is 1. The van der Waals surface area contributed by atoms with Gasteiger partial charge in [0.05, 0.1) is 23.5 Å². The van der Waals surface area contributed by atoms with E-state index in [0.717, 1.165) is 80.0 Å². The second-order valence-corrected chi connectivity index (χ2v) is 13.8. The number of benzene rings is 2. The molecule has 0 spiro atoms. The Morgan fingerprint density at radius 1 is 0.977 bits per heavy atom. The standard InChI is InChI=1S/C36H46FN3O4/c1-35(2,3)44-32(34(41)42)30-31(39-21-17-36(4,5)18-22-39)29(24-38-33(30)40-19-6-7-20-40)26-10-14-28(15-11-26)43-23-16-25-8-12-27(37)13-9-25/h8-15,24,32H,6-7,16-23H2,1-5H3,(H,41,42). The summed E-state index contributed by atoms with van der Waals surface area (Å²) in [6.45, 7) is 14.1. The highest BCUT2D eigenvalue weighted by Gasteiger charge is 2.38. The van der Waals surface area contributed by atoms with Crippen LogP contribution in [0.4, 0.5) is 15.9 Å². The predicted octanol–water partition coefficient (Wildman–Crippen LogP) is 7.68. The quantitative estimate of drug-likeness (QED) is 0.255. The molecule has 236 valence electrons. The third-order valence-corrected chi connectivity index (χ3v) is 8.60. The smallest absolute Gasteiger partial charge is 0.337 e. The van der Waals surface area contributed by atoms with Crippen molar-refractivity contribution < 1.29 is 23.8 Å². The van der Waals surface area contributed by atoms with E-state index >= 15 is 0 Å². The molecule has 5 rings (SSSR count). The maximum atomic E-state index is 13.2. The Morgan fingerprint density at radius 2 is 1.61 bits per heavy atom. The number of anilines is 2. The van der Waals surface area contributed by atoms with Gasteiger partial charge >= 0.3 is 5.97 Å². The Kier molecular flexibility index (Phi) is 9.49. The average molecular weight is 604 g/mol. The largest absolute Gasteiger partial charge is 0.493 e. The van der Waals surface area contributed by atoms with Gasteiger partial charge in [0.25, 0.3) is 0 Å². The monoisotopic (exact) mass is 603 g/mol. The molecule has 2 fully saturated rings. The summed E-state index contributed by atoms with van der Waals surface area (Å²) in [6, 6.07) is 14.4. The lowest BCUT2D eigenvalue weighted by atomic mass is 9.82. The molecule has 0 radical (unpaired) electrons. The number of aliphatic carboxylic acids is 1. The molecule has 44 heavy (non-hydrogen) atoms. The lowest BCUT2D eigenvalue weighted by Crippen LogP contribution is -2.39. The third-order valence-electron chi connectivity index (χ3n) is 8.60. The van der Waals surface area contributed by atoms with Crippen molar-refractivity contribution in [2.45, 2.75) is 78.4 Å². The van der Waals surface area contributed by atoms with Crippen molar-refractivity contribution in [1.82, 2.24) is 4.98 Å². The Morgan fingerprint density at radius 3 is 2.20 bits per heavy atom. The average Bonchev–Trinajstić information content (AvgIpc) is 3.51. The molecule has 0 bridgehead atoms. The molecule has 2 aromatic carbocycles. The van der Waals surface area contributed by atoms with Crippen LogP contribution in [0.2, 0.25) is 0 Å². The van der Waals surface area contributed by atoms with Crippen molar-refractivity contribution in [2.24, 2.45) is 5.41 Å². The van der Waals surface area contributed by atoms with Crippen LogP contribution in [0, 0.1) is 11.2 Å². The number of piperidine rings is 1. The number of aromatic nitrogens is 1. The minimum absolute atomic E-state index is 0.225. The van der Waals surface area contributed by atoms with Gasteiger partial charge in [0.2, 0.25) is 0 Å². The first-order valence-corrected chi connectivity index (χ1v) is 15.8. The fourth-order valence-electron chi connectivity index (χ4n) is 6.07. The first-order chi connectivity index (χ1) is 20.9. The Hall–Kier alpha value is -3.65. The lowest BCUT2D eigenvalue weighted by molar-refractivity contribution is -0.160. The highest BCUT2D eigenvalue weighted by molar-refractivity contribution is 5.89. The summed E-state index contributed by atoms with van der Waals surface area (Å²) < 4.78 is 25.6. The molecular formula is C36H46FN3O4. The van der Waals surface area contributed by atoms with E-state index in [1.165, 1.54) is 12.1 Å². The number of rotatable bonds is 10. The summed E-state index contributed by atoms with van der Waals surface area (Å²) in [5.41, 5.74) is 3.95. The van der Waals surface area contributed by atoms with Crippen LogP contribution in [-0.2, 0) is 16.0 Å². The molecule has 1 N–H and O–H groups in total. The zero-order valence-electron chi connectivity index (χ0n) is 26.7. The molecule has 2 saturated heterocycles. The van der Waals surface area contributed by atoms with Crippen LogP contribution >= 0.6 is 0 Å². The number of carboxylic acid groups (broad SMARTS) is 1. The van der Waals surface area contributed by atoms with Crippen LogP contribution in [0.3, 0.4) is 0 Å². The van der Waals surface area contributed by atoms with Gasteiger partial charge in [-0.1, -0.05) is 38.1 Å². The van der Waals surface area contributed by atoms with E-state index < -0.39 is 17.7 Å². The molecule has 1 aromatic heterocycles. The normalized spacial score (nSPS) is 17.5. The van der Waals surface area contributed by atoms with Gasteiger partial charge < -0.3 is 24.4 Å². The van der Waals surface area contributed by atoms with Crippen LogP contribution in [0.5, 0.6) is 5.75 Å². The molecule has 2 aliphatic heterocycles. The highest BCUT2D eigenvalue weighted by atomic mass is 19.1. The summed E-state index contributed by atoms with van der Waals surface area (Å²) in [6.07, 6.45) is 5.53. The number of carbonyl (C=O) groups is 1. The molecule has 7 nitrogen and oxygen atoms in total. The first kappa shape index (κ1) is 31.8. The number of hydrogen-bond acceptors (Lipinski definition) is 6. The van der Waals surface area contributed by atoms with E-state index in [0.29, 0.717) is 24.4 Å². The minimum Gasteiger partial charge on any atom is -0.493 e. The van der Waals surface area contributed by atoms with Crippen LogP contribution in [0.25, 0.3) is 11.1 Å². The minimum atomic E-state index is -1.17. The van der Waals surface area contributed by atoms with Crippen molar-refractivity contribution >= 4 is 17.5 Å². The van der Waals surface area contributed by atoms with Crippen molar-refractivity contribution in [2.75, 3.05) is 42.6 Å². The second-order valence-electron chi connectivity index (χ2n) is 13.8. The number of nitrogens with zero attached hydrogens (tertiary/aromatic N) is 3. The van der Waals surface area contributed by atoms with Gasteiger partial charge in [0.1, 0.15) is 17.4 Å². The SMILES string of the molecule is CC1(C)CCN(c2c(-c3ccc(OCCc4ccc(F)cc4)cc3)cnc(N3CCCC3)c2C(OC(C)(C)C)C(=O)O)CC1. The maximum Gasteiger partial charge on any atom is 0.337 e. The van der Waals surface area contributed by atoms with Crippen LogP contribution in [-0.4, -0.2) is 54.4 Å². The summed E-state index contributed by atoms with van der Waals surface area (Å²) in [7, 11) is 0. The zero-order chi connectivity index (χ0) is 31.5. The van der Waals surface area contributed by atoms with Crippen LogP contribution in [0.15, 0.2) is 54.7 Å². The van der Waals surface area contributed by atoms with Gasteiger partial charge in [-0.3, -0.25) is 0 Å². The fraction of sp³-hybridized carbons (Fsp3) is 0.500. The van der Waals surface area contributed by atoms with E-state index in [-0.39, 0.29) is 11.2 Å². The molecule has 0 saturated carbocycles. The van der Waals surface area contributed by atoms with E-state index in [1.807, 2.05) is 51.2 Å². The van der Waals surface area contributed by atoms with Crippen molar-refractivity contribution in [3.8, 4) is 16.9 Å². The Bertz CT molecular complexity index is 1420. The molecule has 3 aromatic rings. The topological polar surface area (TPSA) is 75.1 Å². The van der Waals surface area contributed by atoms with Gasteiger partial charge in [-0.2, -0.15) is 0 Å². The van der Waals surface area contributed by atoms with E-state index in [2.05, 4.69) is 23.6 Å². The van der Waals surface area contributed by atoms with Crippen LogP contribution < -0.4 is 14.5 Å². The van der Waals surface area contributed by atoms with E-state index in [1.54, 1.807) is 12.1 Å².